The summed E-state index contributed by atoms with van der Waals surface area (Å²) < 4.78 is 1.29. The number of H-pyrrole nitrogens is 1. The maximum absolute atomic E-state index is 12.1. The van der Waals surface area contributed by atoms with Gasteiger partial charge in [0.2, 0.25) is 0 Å². The molecule has 0 saturated carbocycles. The predicted octanol–water partition coefficient (Wildman–Crippen LogP) is 1.03. The molecule has 0 bridgehead atoms. The lowest BCUT2D eigenvalue weighted by Gasteiger charge is -2.09. The van der Waals surface area contributed by atoms with Gasteiger partial charge in [0.15, 0.2) is 0 Å². The van der Waals surface area contributed by atoms with Crippen molar-refractivity contribution in [2.45, 2.75) is 27.3 Å². The van der Waals surface area contributed by atoms with Crippen molar-refractivity contribution in [2.24, 2.45) is 0 Å². The fourth-order valence-electron chi connectivity index (χ4n) is 1.94. The van der Waals surface area contributed by atoms with Crippen LogP contribution in [0.15, 0.2) is 27.9 Å². The largest absolute Gasteiger partial charge is 0.385 e. The van der Waals surface area contributed by atoms with Gasteiger partial charge in [-0.25, -0.2) is 4.68 Å². The van der Waals surface area contributed by atoms with Crippen molar-refractivity contribution < 1.29 is 0 Å². The number of hydrogen-bond acceptors (Lipinski definition) is 4. The summed E-state index contributed by atoms with van der Waals surface area (Å²) in [6.07, 6.45) is 1.68. The number of pyridine rings is 1. The van der Waals surface area contributed by atoms with Crippen LogP contribution in [0, 0.1) is 13.8 Å². The van der Waals surface area contributed by atoms with Gasteiger partial charge in [-0.15, -0.1) is 0 Å². The van der Waals surface area contributed by atoms with Gasteiger partial charge in [0.1, 0.15) is 0 Å². The average Bonchev–Trinajstić information content (AvgIpc) is 2.43. The van der Waals surface area contributed by atoms with Crippen LogP contribution in [0.25, 0.3) is 0 Å². The van der Waals surface area contributed by atoms with Crippen LogP contribution in [-0.2, 0) is 6.54 Å². The second kappa shape index (κ2) is 5.73. The monoisotopic (exact) mass is 274 g/mol. The van der Waals surface area contributed by atoms with Gasteiger partial charge in [0.05, 0.1) is 12.2 Å². The molecule has 0 saturated heterocycles. The highest BCUT2D eigenvalue weighted by Crippen LogP contribution is 2.08. The van der Waals surface area contributed by atoms with Crippen LogP contribution in [0.2, 0.25) is 0 Å². The molecule has 2 aromatic heterocycles. The first-order valence-corrected chi connectivity index (χ1v) is 6.52. The molecule has 2 rings (SSSR count). The van der Waals surface area contributed by atoms with E-state index in [9.17, 15) is 9.59 Å². The van der Waals surface area contributed by atoms with Crippen LogP contribution in [0.3, 0.4) is 0 Å². The Kier molecular flexibility index (Phi) is 4.02. The van der Waals surface area contributed by atoms with E-state index < -0.39 is 0 Å². The Morgan fingerprint density at radius 1 is 1.30 bits per heavy atom. The summed E-state index contributed by atoms with van der Waals surface area (Å²) in [5.41, 5.74) is 2.14. The molecule has 0 aliphatic carbocycles. The fraction of sp³-hybridized carbons (Fsp3) is 0.357. The third-order valence-corrected chi connectivity index (χ3v) is 3.22. The number of aromatic nitrogens is 3. The van der Waals surface area contributed by atoms with Crippen molar-refractivity contribution in [3.63, 3.8) is 0 Å². The van der Waals surface area contributed by atoms with Gasteiger partial charge < -0.3 is 5.32 Å². The summed E-state index contributed by atoms with van der Waals surface area (Å²) >= 11 is 0. The number of nitrogens with zero attached hydrogens (tertiary/aromatic N) is 2. The molecule has 0 spiro atoms. The molecule has 2 N–H and O–H groups in total. The van der Waals surface area contributed by atoms with Gasteiger partial charge in [0, 0.05) is 29.6 Å². The molecular weight excluding hydrogens is 256 g/mol. The van der Waals surface area contributed by atoms with Crippen LogP contribution in [0.5, 0.6) is 0 Å². The highest BCUT2D eigenvalue weighted by molar-refractivity contribution is 5.43. The number of hydrogen-bond donors (Lipinski definition) is 2. The number of anilines is 1. The summed E-state index contributed by atoms with van der Waals surface area (Å²) in [7, 11) is 0. The molecule has 0 aliphatic heterocycles. The third kappa shape index (κ3) is 2.79. The fourth-order valence-corrected chi connectivity index (χ4v) is 1.94. The minimum Gasteiger partial charge on any atom is -0.385 e. The number of aromatic amines is 1. The van der Waals surface area contributed by atoms with Crippen LogP contribution < -0.4 is 16.4 Å². The van der Waals surface area contributed by atoms with E-state index >= 15 is 0 Å². The molecule has 0 atom stereocenters. The van der Waals surface area contributed by atoms with Crippen molar-refractivity contribution >= 4 is 5.69 Å². The molecular formula is C14H18N4O2. The normalized spacial score (nSPS) is 10.6. The van der Waals surface area contributed by atoms with Gasteiger partial charge in [0.25, 0.3) is 11.1 Å². The Morgan fingerprint density at radius 3 is 2.75 bits per heavy atom. The molecule has 0 aromatic carbocycles. The zero-order chi connectivity index (χ0) is 14.7. The first-order valence-electron chi connectivity index (χ1n) is 6.52. The molecule has 0 aliphatic rings. The standard InChI is InChI=1S/C14H18N4O2/c1-4-15-11-5-6-16-12(7-11)8-18-14(20)10(3)9(2)13(19)17-18/h5-7H,4,8H2,1-3H3,(H,15,16)(H,17,19). The zero-order valence-electron chi connectivity index (χ0n) is 11.9. The highest BCUT2D eigenvalue weighted by atomic mass is 16.2. The number of nitrogens with one attached hydrogen (secondary N) is 2. The van der Waals surface area contributed by atoms with Crippen molar-refractivity contribution in [1.29, 1.82) is 0 Å². The van der Waals surface area contributed by atoms with Crippen molar-refractivity contribution in [3.8, 4) is 0 Å². The molecule has 20 heavy (non-hydrogen) atoms. The summed E-state index contributed by atoms with van der Waals surface area (Å²) in [5.74, 6) is 0. The Bertz CT molecular complexity index is 731. The smallest absolute Gasteiger partial charge is 0.268 e. The van der Waals surface area contributed by atoms with Crippen LogP contribution >= 0.6 is 0 Å². The summed E-state index contributed by atoms with van der Waals surface area (Å²) in [6.45, 7) is 6.36. The molecule has 2 aromatic rings. The van der Waals surface area contributed by atoms with E-state index in [1.54, 1.807) is 20.0 Å². The predicted molar refractivity (Wildman–Crippen MR) is 78.3 cm³/mol. The molecule has 0 fully saturated rings. The molecule has 6 nitrogen and oxygen atoms in total. The van der Waals surface area contributed by atoms with Crippen LogP contribution in [0.1, 0.15) is 23.7 Å². The molecule has 2 heterocycles. The minimum absolute atomic E-state index is 0.197. The maximum atomic E-state index is 12.1. The van der Waals surface area contributed by atoms with Crippen molar-refractivity contribution in [2.75, 3.05) is 11.9 Å². The first-order chi connectivity index (χ1) is 9.52. The van der Waals surface area contributed by atoms with Gasteiger partial charge in [-0.3, -0.25) is 19.7 Å². The van der Waals surface area contributed by atoms with Gasteiger partial charge in [-0.2, -0.15) is 0 Å². The summed E-state index contributed by atoms with van der Waals surface area (Å²) in [6, 6.07) is 3.72. The van der Waals surface area contributed by atoms with E-state index in [1.165, 1.54) is 4.68 Å². The lowest BCUT2D eigenvalue weighted by molar-refractivity contribution is 0.608. The summed E-state index contributed by atoms with van der Waals surface area (Å²) in [4.78, 5) is 28.0. The molecule has 106 valence electrons. The Balaban J connectivity index is 2.38. The highest BCUT2D eigenvalue weighted by Gasteiger charge is 2.08. The van der Waals surface area contributed by atoms with Crippen molar-refractivity contribution in [1.82, 2.24) is 14.8 Å². The van der Waals surface area contributed by atoms with E-state index in [2.05, 4.69) is 15.4 Å². The van der Waals surface area contributed by atoms with E-state index in [1.807, 2.05) is 19.1 Å². The average molecular weight is 274 g/mol. The van der Waals surface area contributed by atoms with E-state index in [-0.39, 0.29) is 17.7 Å². The Hall–Kier alpha value is -2.37. The zero-order valence-corrected chi connectivity index (χ0v) is 11.9. The second-order valence-corrected chi connectivity index (χ2v) is 4.65. The first kappa shape index (κ1) is 14.0. The van der Waals surface area contributed by atoms with E-state index in [0.29, 0.717) is 16.8 Å². The quantitative estimate of drug-likeness (QED) is 0.872. The van der Waals surface area contributed by atoms with Crippen LogP contribution in [-0.4, -0.2) is 21.3 Å². The van der Waals surface area contributed by atoms with E-state index in [4.69, 9.17) is 0 Å². The SMILES string of the molecule is CCNc1ccnc(Cn2[nH]c(=O)c(C)c(C)c2=O)c1. The van der Waals surface area contributed by atoms with Gasteiger partial charge in [-0.1, -0.05) is 0 Å². The molecule has 6 heteroatoms. The lowest BCUT2D eigenvalue weighted by atomic mass is 10.2. The third-order valence-electron chi connectivity index (χ3n) is 3.22. The van der Waals surface area contributed by atoms with Crippen LogP contribution in [0.4, 0.5) is 5.69 Å². The maximum Gasteiger partial charge on any atom is 0.268 e. The van der Waals surface area contributed by atoms with Gasteiger partial charge >= 0.3 is 0 Å². The number of rotatable bonds is 4. The van der Waals surface area contributed by atoms with E-state index in [0.717, 1.165) is 12.2 Å². The topological polar surface area (TPSA) is 79.8 Å². The minimum atomic E-state index is -0.245. The van der Waals surface area contributed by atoms with Crippen molar-refractivity contribution in [3.05, 3.63) is 55.9 Å². The Morgan fingerprint density at radius 2 is 2.05 bits per heavy atom. The summed E-state index contributed by atoms with van der Waals surface area (Å²) in [5, 5.41) is 5.75. The Labute approximate surface area is 116 Å². The lowest BCUT2D eigenvalue weighted by Crippen LogP contribution is -2.33. The second-order valence-electron chi connectivity index (χ2n) is 4.65. The van der Waals surface area contributed by atoms with Gasteiger partial charge in [-0.05, 0) is 32.9 Å². The molecule has 0 amide bonds. The molecule has 0 radical (unpaired) electrons. The molecule has 0 unspecified atom stereocenters.